The van der Waals surface area contributed by atoms with Crippen LogP contribution in [0.5, 0.6) is 0 Å². The molecule has 2 unspecified atom stereocenters. The lowest BCUT2D eigenvalue weighted by molar-refractivity contribution is 0.0700. The second-order valence-corrected chi connectivity index (χ2v) is 7.72. The predicted molar refractivity (Wildman–Crippen MR) is 83.4 cm³/mol. The average Bonchev–Trinajstić information content (AvgIpc) is 3.25. The molecule has 2 saturated carbocycles. The summed E-state index contributed by atoms with van der Waals surface area (Å²) in [5.74, 6) is 0.417. The summed E-state index contributed by atoms with van der Waals surface area (Å²) in [6, 6.07) is 0.604. The molecule has 1 aromatic heterocycles. The summed E-state index contributed by atoms with van der Waals surface area (Å²) >= 11 is 1.41. The van der Waals surface area contributed by atoms with Gasteiger partial charge in [0.2, 0.25) is 0 Å². The fourth-order valence-electron chi connectivity index (χ4n) is 4.09. The van der Waals surface area contributed by atoms with Crippen LogP contribution in [-0.2, 0) is 0 Å². The third-order valence-electron chi connectivity index (χ3n) is 5.29. The van der Waals surface area contributed by atoms with Gasteiger partial charge in [-0.2, -0.15) is 0 Å². The molecule has 1 N–H and O–H groups in total. The summed E-state index contributed by atoms with van der Waals surface area (Å²) < 4.78 is 0. The molecule has 1 saturated heterocycles. The van der Waals surface area contributed by atoms with Gasteiger partial charge in [-0.05, 0) is 44.4 Å². The van der Waals surface area contributed by atoms with E-state index in [0.717, 1.165) is 36.1 Å². The molecule has 21 heavy (non-hydrogen) atoms. The number of carboxylic acid groups (broad SMARTS) is 1. The molecular weight excluding hydrogens is 284 g/mol. The van der Waals surface area contributed by atoms with E-state index < -0.39 is 5.97 Å². The Balaban J connectivity index is 1.65. The van der Waals surface area contributed by atoms with Crippen molar-refractivity contribution in [3.63, 3.8) is 0 Å². The van der Waals surface area contributed by atoms with Gasteiger partial charge in [0.25, 0.3) is 0 Å². The van der Waals surface area contributed by atoms with Gasteiger partial charge in [-0.15, -0.1) is 0 Å². The highest BCUT2D eigenvalue weighted by atomic mass is 32.1. The van der Waals surface area contributed by atoms with Crippen molar-refractivity contribution in [2.24, 2.45) is 5.92 Å². The summed E-state index contributed by atoms with van der Waals surface area (Å²) in [6.07, 6.45) is 10.0. The van der Waals surface area contributed by atoms with E-state index in [1.165, 1.54) is 49.9 Å². The summed E-state index contributed by atoms with van der Waals surface area (Å²) in [5.41, 5.74) is 0.862. The first kappa shape index (κ1) is 13.6. The summed E-state index contributed by atoms with van der Waals surface area (Å²) in [6.45, 7) is 1.05. The van der Waals surface area contributed by atoms with Crippen LogP contribution in [0.25, 0.3) is 0 Å². The van der Waals surface area contributed by atoms with Crippen LogP contribution in [0.1, 0.15) is 72.7 Å². The van der Waals surface area contributed by atoms with Crippen LogP contribution < -0.4 is 4.90 Å². The third kappa shape index (κ3) is 2.45. The topological polar surface area (TPSA) is 53.4 Å². The van der Waals surface area contributed by atoms with Gasteiger partial charge in [0.15, 0.2) is 5.13 Å². The lowest BCUT2D eigenvalue weighted by Crippen LogP contribution is -2.46. The number of anilines is 1. The fraction of sp³-hybridized carbons (Fsp3) is 0.750. The van der Waals surface area contributed by atoms with E-state index in [1.54, 1.807) is 0 Å². The minimum absolute atomic E-state index is 0.410. The van der Waals surface area contributed by atoms with E-state index in [0.29, 0.717) is 16.8 Å². The van der Waals surface area contributed by atoms with Crippen LogP contribution in [0.2, 0.25) is 0 Å². The maximum absolute atomic E-state index is 11.5. The van der Waals surface area contributed by atoms with Crippen molar-refractivity contribution in [3.05, 3.63) is 10.6 Å². The highest BCUT2D eigenvalue weighted by Gasteiger charge is 2.37. The lowest BCUT2D eigenvalue weighted by Gasteiger charge is -2.44. The Labute approximate surface area is 129 Å². The molecule has 0 bridgehead atoms. The fourth-order valence-corrected chi connectivity index (χ4v) is 5.17. The number of piperidine rings is 1. The summed E-state index contributed by atoms with van der Waals surface area (Å²) in [4.78, 5) is 19.2. The Hall–Kier alpha value is -1.10. The van der Waals surface area contributed by atoms with E-state index in [-0.39, 0.29) is 0 Å². The number of aromatic carboxylic acids is 1. The Morgan fingerprint density at radius 3 is 2.67 bits per heavy atom. The van der Waals surface area contributed by atoms with E-state index in [9.17, 15) is 9.90 Å². The van der Waals surface area contributed by atoms with Crippen molar-refractivity contribution in [1.29, 1.82) is 0 Å². The number of carboxylic acids is 1. The van der Waals surface area contributed by atoms with Crippen molar-refractivity contribution in [2.75, 3.05) is 11.4 Å². The van der Waals surface area contributed by atoms with Crippen LogP contribution in [0.3, 0.4) is 0 Å². The van der Waals surface area contributed by atoms with Gasteiger partial charge in [0.05, 0.1) is 5.69 Å². The van der Waals surface area contributed by atoms with Crippen molar-refractivity contribution >= 4 is 22.4 Å². The molecule has 2 heterocycles. The second-order valence-electron chi connectivity index (χ2n) is 6.74. The number of aromatic nitrogens is 1. The van der Waals surface area contributed by atoms with E-state index in [2.05, 4.69) is 4.90 Å². The Bertz CT molecular complexity index is 550. The Morgan fingerprint density at radius 1 is 1.14 bits per heavy atom. The molecule has 5 heteroatoms. The quantitative estimate of drug-likeness (QED) is 0.921. The normalized spacial score (nSPS) is 29.2. The smallest absolute Gasteiger partial charge is 0.347 e. The molecule has 1 aromatic rings. The standard InChI is InChI=1S/C16H22N2O2S/c19-15(20)14-13(11-7-8-11)17-16(21-14)18-9-3-5-10-4-1-2-6-12(10)18/h10-12H,1-9H2,(H,19,20). The van der Waals surface area contributed by atoms with Crippen LogP contribution in [0.4, 0.5) is 5.13 Å². The van der Waals surface area contributed by atoms with Crippen LogP contribution in [0, 0.1) is 5.92 Å². The van der Waals surface area contributed by atoms with Gasteiger partial charge in [-0.3, -0.25) is 0 Å². The van der Waals surface area contributed by atoms with Crippen LogP contribution in [-0.4, -0.2) is 28.6 Å². The number of fused-ring (bicyclic) bond motifs is 1. The Morgan fingerprint density at radius 2 is 1.90 bits per heavy atom. The van der Waals surface area contributed by atoms with Gasteiger partial charge in [-0.25, -0.2) is 9.78 Å². The zero-order chi connectivity index (χ0) is 14.4. The average molecular weight is 306 g/mol. The molecule has 3 fully saturated rings. The lowest BCUT2D eigenvalue weighted by atomic mass is 9.78. The van der Waals surface area contributed by atoms with E-state index >= 15 is 0 Å². The minimum atomic E-state index is -0.794. The number of hydrogen-bond donors (Lipinski definition) is 1. The molecule has 2 atom stereocenters. The van der Waals surface area contributed by atoms with Gasteiger partial charge in [0, 0.05) is 18.5 Å². The largest absolute Gasteiger partial charge is 0.477 e. The summed E-state index contributed by atoms with van der Waals surface area (Å²) in [7, 11) is 0. The number of carbonyl (C=O) groups is 1. The summed E-state index contributed by atoms with van der Waals surface area (Å²) in [5, 5.41) is 10.4. The minimum Gasteiger partial charge on any atom is -0.477 e. The molecule has 0 amide bonds. The molecule has 114 valence electrons. The maximum Gasteiger partial charge on any atom is 0.347 e. The molecule has 4 nitrogen and oxygen atoms in total. The van der Waals surface area contributed by atoms with E-state index in [1.807, 2.05) is 0 Å². The van der Waals surface area contributed by atoms with E-state index in [4.69, 9.17) is 4.98 Å². The SMILES string of the molecule is O=C(O)c1sc(N2CCCC3CCCCC32)nc1C1CC1. The van der Waals surface area contributed by atoms with Crippen molar-refractivity contribution < 1.29 is 9.90 Å². The van der Waals surface area contributed by atoms with Gasteiger partial charge < -0.3 is 10.0 Å². The van der Waals surface area contributed by atoms with Crippen molar-refractivity contribution in [2.45, 2.75) is 63.3 Å². The van der Waals surface area contributed by atoms with Crippen molar-refractivity contribution in [1.82, 2.24) is 4.98 Å². The Kier molecular flexibility index (Phi) is 3.40. The molecule has 2 aliphatic carbocycles. The number of nitrogens with zero attached hydrogens (tertiary/aromatic N) is 2. The first-order valence-corrected chi connectivity index (χ1v) is 9.06. The molecule has 0 spiro atoms. The van der Waals surface area contributed by atoms with Gasteiger partial charge >= 0.3 is 5.97 Å². The number of hydrogen-bond acceptors (Lipinski definition) is 4. The maximum atomic E-state index is 11.5. The molecular formula is C16H22N2O2S. The highest BCUT2D eigenvalue weighted by Crippen LogP contribution is 2.46. The van der Waals surface area contributed by atoms with Crippen LogP contribution >= 0.6 is 11.3 Å². The first-order valence-electron chi connectivity index (χ1n) is 8.24. The second kappa shape index (κ2) is 5.27. The van der Waals surface area contributed by atoms with Crippen molar-refractivity contribution in [3.8, 4) is 0 Å². The zero-order valence-electron chi connectivity index (χ0n) is 12.3. The van der Waals surface area contributed by atoms with Crippen LogP contribution in [0.15, 0.2) is 0 Å². The highest BCUT2D eigenvalue weighted by molar-refractivity contribution is 7.17. The van der Waals surface area contributed by atoms with Gasteiger partial charge in [-0.1, -0.05) is 24.2 Å². The molecule has 1 aliphatic heterocycles. The molecule has 4 rings (SSSR count). The number of rotatable bonds is 3. The predicted octanol–water partition coefficient (Wildman–Crippen LogP) is 3.88. The van der Waals surface area contributed by atoms with Gasteiger partial charge in [0.1, 0.15) is 4.88 Å². The molecule has 0 aromatic carbocycles. The monoisotopic (exact) mass is 306 g/mol. The first-order chi connectivity index (χ1) is 10.2. The zero-order valence-corrected chi connectivity index (χ0v) is 13.1. The third-order valence-corrected chi connectivity index (χ3v) is 6.39. The number of thiazole rings is 1. The molecule has 3 aliphatic rings. The molecule has 0 radical (unpaired) electrons.